The molecule has 0 aromatic rings. The highest BCUT2D eigenvalue weighted by Crippen LogP contribution is 2.18. The van der Waals surface area contributed by atoms with Crippen LogP contribution in [0.2, 0.25) is 0 Å². The minimum absolute atomic E-state index is 0.265. The van der Waals surface area contributed by atoms with Gasteiger partial charge >= 0.3 is 0 Å². The van der Waals surface area contributed by atoms with Crippen molar-refractivity contribution in [2.45, 2.75) is 58.5 Å². The van der Waals surface area contributed by atoms with Crippen molar-refractivity contribution in [3.63, 3.8) is 0 Å². The van der Waals surface area contributed by atoms with E-state index in [1.165, 1.54) is 32.4 Å². The van der Waals surface area contributed by atoms with Crippen molar-refractivity contribution in [1.29, 1.82) is 0 Å². The fourth-order valence-corrected chi connectivity index (χ4v) is 2.23. The summed E-state index contributed by atoms with van der Waals surface area (Å²) in [5.74, 6) is 0. The van der Waals surface area contributed by atoms with Crippen molar-refractivity contribution in [1.82, 2.24) is 10.2 Å². The van der Waals surface area contributed by atoms with E-state index in [-0.39, 0.29) is 5.54 Å². The molecule has 84 valence electrons. The summed E-state index contributed by atoms with van der Waals surface area (Å²) in [4.78, 5) is 2.64. The van der Waals surface area contributed by atoms with Gasteiger partial charge in [-0.25, -0.2) is 0 Å². The topological polar surface area (TPSA) is 15.3 Å². The standard InChI is InChI=1S/C12H26N2/c1-5-11-7-6-9-14(11)10-8-13-12(2,3)4/h11,13H,5-10H2,1-4H3. The smallest absolute Gasteiger partial charge is 0.0110 e. The van der Waals surface area contributed by atoms with Crippen molar-refractivity contribution in [3.05, 3.63) is 0 Å². The minimum Gasteiger partial charge on any atom is -0.311 e. The Hall–Kier alpha value is -0.0800. The van der Waals surface area contributed by atoms with Gasteiger partial charge in [0.05, 0.1) is 0 Å². The van der Waals surface area contributed by atoms with E-state index in [1.54, 1.807) is 0 Å². The molecule has 1 unspecified atom stereocenters. The number of rotatable bonds is 4. The third-order valence-electron chi connectivity index (χ3n) is 3.02. The highest BCUT2D eigenvalue weighted by Gasteiger charge is 2.22. The van der Waals surface area contributed by atoms with E-state index in [0.29, 0.717) is 0 Å². The van der Waals surface area contributed by atoms with E-state index in [2.05, 4.69) is 37.9 Å². The van der Waals surface area contributed by atoms with Crippen molar-refractivity contribution in [2.24, 2.45) is 0 Å². The summed E-state index contributed by atoms with van der Waals surface area (Å²) < 4.78 is 0. The first-order chi connectivity index (χ1) is 6.53. The highest BCUT2D eigenvalue weighted by molar-refractivity contribution is 4.79. The van der Waals surface area contributed by atoms with Gasteiger partial charge in [-0.2, -0.15) is 0 Å². The van der Waals surface area contributed by atoms with Crippen LogP contribution in [0, 0.1) is 0 Å². The number of nitrogens with one attached hydrogen (secondary N) is 1. The minimum atomic E-state index is 0.265. The lowest BCUT2D eigenvalue weighted by Crippen LogP contribution is -2.42. The van der Waals surface area contributed by atoms with Crippen LogP contribution in [0.5, 0.6) is 0 Å². The van der Waals surface area contributed by atoms with Crippen LogP contribution < -0.4 is 5.32 Å². The molecule has 0 aromatic carbocycles. The molecule has 1 rings (SSSR count). The monoisotopic (exact) mass is 198 g/mol. The zero-order chi connectivity index (χ0) is 10.6. The molecule has 2 heteroatoms. The van der Waals surface area contributed by atoms with E-state index in [0.717, 1.165) is 12.6 Å². The molecule has 0 saturated carbocycles. The van der Waals surface area contributed by atoms with E-state index in [4.69, 9.17) is 0 Å². The van der Waals surface area contributed by atoms with Crippen LogP contribution in [0.25, 0.3) is 0 Å². The maximum absolute atomic E-state index is 3.55. The molecule has 1 aliphatic rings. The molecular weight excluding hydrogens is 172 g/mol. The molecule has 0 aliphatic carbocycles. The summed E-state index contributed by atoms with van der Waals surface area (Å²) in [5.41, 5.74) is 0.265. The van der Waals surface area contributed by atoms with Crippen molar-refractivity contribution in [3.8, 4) is 0 Å². The quantitative estimate of drug-likeness (QED) is 0.745. The lowest BCUT2D eigenvalue weighted by molar-refractivity contribution is 0.239. The summed E-state index contributed by atoms with van der Waals surface area (Å²) in [6.45, 7) is 12.6. The van der Waals surface area contributed by atoms with Gasteiger partial charge in [0.15, 0.2) is 0 Å². The average molecular weight is 198 g/mol. The normalized spacial score (nSPS) is 24.4. The maximum atomic E-state index is 3.55. The van der Waals surface area contributed by atoms with Crippen LogP contribution in [0.4, 0.5) is 0 Å². The Morgan fingerprint density at radius 2 is 2.07 bits per heavy atom. The Morgan fingerprint density at radius 3 is 2.64 bits per heavy atom. The van der Waals surface area contributed by atoms with Gasteiger partial charge in [0.1, 0.15) is 0 Å². The van der Waals surface area contributed by atoms with Gasteiger partial charge < -0.3 is 5.32 Å². The Bertz CT molecular complexity index is 160. The molecular formula is C12H26N2. The molecule has 0 amide bonds. The predicted octanol–water partition coefficient (Wildman–Crippen LogP) is 2.25. The molecule has 1 heterocycles. The van der Waals surface area contributed by atoms with Gasteiger partial charge in [0, 0.05) is 24.7 Å². The Kier molecular flexibility index (Phi) is 4.39. The summed E-state index contributed by atoms with van der Waals surface area (Å²) in [5, 5.41) is 3.55. The first-order valence-electron chi connectivity index (χ1n) is 6.02. The number of nitrogens with zero attached hydrogens (tertiary/aromatic N) is 1. The molecule has 1 atom stereocenters. The number of hydrogen-bond acceptors (Lipinski definition) is 2. The van der Waals surface area contributed by atoms with Gasteiger partial charge in [-0.15, -0.1) is 0 Å². The number of hydrogen-bond donors (Lipinski definition) is 1. The number of likely N-dealkylation sites (tertiary alicyclic amines) is 1. The fraction of sp³-hybridized carbons (Fsp3) is 1.00. The van der Waals surface area contributed by atoms with E-state index in [1.807, 2.05) is 0 Å². The largest absolute Gasteiger partial charge is 0.311 e. The van der Waals surface area contributed by atoms with Gasteiger partial charge in [-0.3, -0.25) is 4.90 Å². The van der Waals surface area contributed by atoms with E-state index >= 15 is 0 Å². The molecule has 2 nitrogen and oxygen atoms in total. The summed E-state index contributed by atoms with van der Waals surface area (Å²) in [6, 6.07) is 0.858. The summed E-state index contributed by atoms with van der Waals surface area (Å²) in [6.07, 6.45) is 4.12. The first-order valence-corrected chi connectivity index (χ1v) is 6.02. The highest BCUT2D eigenvalue weighted by atomic mass is 15.2. The summed E-state index contributed by atoms with van der Waals surface area (Å²) >= 11 is 0. The van der Waals surface area contributed by atoms with Crippen LogP contribution >= 0.6 is 0 Å². The van der Waals surface area contributed by atoms with Crippen LogP contribution in [0.1, 0.15) is 47.0 Å². The zero-order valence-electron chi connectivity index (χ0n) is 10.3. The molecule has 0 radical (unpaired) electrons. The molecule has 0 bridgehead atoms. The van der Waals surface area contributed by atoms with Crippen LogP contribution in [0.3, 0.4) is 0 Å². The second-order valence-corrected chi connectivity index (χ2v) is 5.42. The van der Waals surface area contributed by atoms with E-state index < -0.39 is 0 Å². The third-order valence-corrected chi connectivity index (χ3v) is 3.02. The SMILES string of the molecule is CCC1CCCN1CCNC(C)(C)C. The molecule has 0 aromatic heterocycles. The maximum Gasteiger partial charge on any atom is 0.0110 e. The lowest BCUT2D eigenvalue weighted by Gasteiger charge is -2.26. The summed E-state index contributed by atoms with van der Waals surface area (Å²) in [7, 11) is 0. The molecule has 1 fully saturated rings. The molecule has 1 saturated heterocycles. The fourth-order valence-electron chi connectivity index (χ4n) is 2.23. The van der Waals surface area contributed by atoms with Crippen molar-refractivity contribution >= 4 is 0 Å². The Morgan fingerprint density at radius 1 is 1.36 bits per heavy atom. The van der Waals surface area contributed by atoms with Gasteiger partial charge in [0.2, 0.25) is 0 Å². The van der Waals surface area contributed by atoms with Crippen LogP contribution in [-0.4, -0.2) is 36.1 Å². The van der Waals surface area contributed by atoms with E-state index in [9.17, 15) is 0 Å². The molecule has 1 aliphatic heterocycles. The zero-order valence-corrected chi connectivity index (χ0v) is 10.3. The molecule has 1 N–H and O–H groups in total. The Labute approximate surface area is 89.1 Å². The Balaban J connectivity index is 2.18. The second kappa shape index (κ2) is 5.13. The average Bonchev–Trinajstić information content (AvgIpc) is 2.49. The van der Waals surface area contributed by atoms with Crippen molar-refractivity contribution < 1.29 is 0 Å². The molecule has 0 spiro atoms. The second-order valence-electron chi connectivity index (χ2n) is 5.42. The first kappa shape index (κ1) is 12.0. The van der Waals surface area contributed by atoms with Gasteiger partial charge in [-0.05, 0) is 46.6 Å². The van der Waals surface area contributed by atoms with Crippen molar-refractivity contribution in [2.75, 3.05) is 19.6 Å². The van der Waals surface area contributed by atoms with Gasteiger partial charge in [0.25, 0.3) is 0 Å². The lowest BCUT2D eigenvalue weighted by atomic mass is 10.1. The van der Waals surface area contributed by atoms with Gasteiger partial charge in [-0.1, -0.05) is 6.92 Å². The molecule has 14 heavy (non-hydrogen) atoms. The third kappa shape index (κ3) is 3.97. The van der Waals surface area contributed by atoms with Crippen LogP contribution in [-0.2, 0) is 0 Å². The predicted molar refractivity (Wildman–Crippen MR) is 62.6 cm³/mol. The van der Waals surface area contributed by atoms with Crippen LogP contribution in [0.15, 0.2) is 0 Å².